The molecule has 102 valence electrons. The molecule has 2 aliphatic rings. The molecule has 2 fully saturated rings. The van der Waals surface area contributed by atoms with Crippen LogP contribution in [0.15, 0.2) is 5.16 Å². The van der Waals surface area contributed by atoms with Crippen molar-refractivity contribution < 1.29 is 14.7 Å². The van der Waals surface area contributed by atoms with Crippen LogP contribution in [0.25, 0.3) is 0 Å². The normalized spacial score (nSPS) is 36.8. The van der Waals surface area contributed by atoms with Crippen LogP contribution in [0.3, 0.4) is 0 Å². The summed E-state index contributed by atoms with van der Waals surface area (Å²) >= 11 is 0. The van der Waals surface area contributed by atoms with Gasteiger partial charge in [0.2, 0.25) is 0 Å². The molecule has 1 aliphatic carbocycles. The van der Waals surface area contributed by atoms with Gasteiger partial charge in [0.25, 0.3) is 5.91 Å². The Balaban J connectivity index is 1.98. The van der Waals surface area contributed by atoms with E-state index in [2.05, 4.69) is 10.5 Å². The highest BCUT2D eigenvalue weighted by Crippen LogP contribution is 2.29. The van der Waals surface area contributed by atoms with Crippen LogP contribution in [-0.2, 0) is 9.53 Å². The number of carbonyl (C=O) groups excluding carboxylic acids is 1. The van der Waals surface area contributed by atoms with E-state index in [4.69, 9.17) is 15.7 Å². The molecule has 1 aliphatic heterocycles. The number of amidine groups is 1. The zero-order chi connectivity index (χ0) is 13.2. The highest BCUT2D eigenvalue weighted by atomic mass is 16.5. The van der Waals surface area contributed by atoms with E-state index in [9.17, 15) is 4.79 Å². The van der Waals surface area contributed by atoms with Gasteiger partial charge in [0.05, 0.1) is 0 Å². The van der Waals surface area contributed by atoms with Gasteiger partial charge in [-0.15, -0.1) is 0 Å². The molecule has 0 aromatic rings. The van der Waals surface area contributed by atoms with Crippen molar-refractivity contribution in [1.29, 1.82) is 0 Å². The first-order valence-corrected chi connectivity index (χ1v) is 6.49. The summed E-state index contributed by atoms with van der Waals surface area (Å²) in [4.78, 5) is 12.2. The molecule has 0 aromatic carbocycles. The smallest absolute Gasteiger partial charge is 0.252 e. The van der Waals surface area contributed by atoms with Gasteiger partial charge in [0, 0.05) is 18.6 Å². The van der Waals surface area contributed by atoms with Crippen LogP contribution in [0.2, 0.25) is 0 Å². The number of amides is 1. The van der Waals surface area contributed by atoms with E-state index in [1.165, 1.54) is 0 Å². The fourth-order valence-corrected chi connectivity index (χ4v) is 2.84. The quantitative estimate of drug-likeness (QED) is 0.297. The first kappa shape index (κ1) is 13.1. The molecular weight excluding hydrogens is 234 g/mol. The van der Waals surface area contributed by atoms with Crippen molar-refractivity contribution in [3.63, 3.8) is 0 Å². The molecule has 0 bridgehead atoms. The van der Waals surface area contributed by atoms with Gasteiger partial charge in [-0.2, -0.15) is 0 Å². The van der Waals surface area contributed by atoms with Crippen molar-refractivity contribution in [1.82, 2.24) is 5.32 Å². The molecule has 1 heterocycles. The van der Waals surface area contributed by atoms with E-state index in [0.717, 1.165) is 32.1 Å². The highest BCUT2D eigenvalue weighted by Gasteiger charge is 2.41. The first-order chi connectivity index (χ1) is 8.57. The Morgan fingerprint density at radius 2 is 2.28 bits per heavy atom. The Kier molecular flexibility index (Phi) is 3.75. The van der Waals surface area contributed by atoms with Crippen molar-refractivity contribution in [3.8, 4) is 0 Å². The summed E-state index contributed by atoms with van der Waals surface area (Å²) in [6.45, 7) is 2.46. The number of hydrogen-bond acceptors (Lipinski definition) is 4. The predicted molar refractivity (Wildman–Crippen MR) is 66.3 cm³/mol. The fraction of sp³-hybridized carbons (Fsp3) is 0.833. The molecule has 1 saturated carbocycles. The highest BCUT2D eigenvalue weighted by molar-refractivity contribution is 5.87. The summed E-state index contributed by atoms with van der Waals surface area (Å²) in [5.41, 5.74) is 4.94. The third-order valence-electron chi connectivity index (χ3n) is 4.03. The largest absolute Gasteiger partial charge is 0.409 e. The molecule has 3 atom stereocenters. The lowest BCUT2D eigenvalue weighted by molar-refractivity contribution is -0.140. The van der Waals surface area contributed by atoms with E-state index in [1.54, 1.807) is 0 Å². The van der Waals surface area contributed by atoms with Crippen molar-refractivity contribution in [3.05, 3.63) is 0 Å². The maximum atomic E-state index is 12.2. The third kappa shape index (κ3) is 2.43. The molecule has 6 nitrogen and oxygen atoms in total. The number of nitrogens with zero attached hydrogens (tertiary/aromatic N) is 1. The summed E-state index contributed by atoms with van der Waals surface area (Å²) in [6.07, 6.45) is 4.35. The van der Waals surface area contributed by atoms with Gasteiger partial charge in [-0.05, 0) is 32.6 Å². The van der Waals surface area contributed by atoms with Crippen LogP contribution in [-0.4, -0.2) is 35.2 Å². The van der Waals surface area contributed by atoms with Crippen LogP contribution in [0, 0.1) is 5.92 Å². The number of hydrogen-bond donors (Lipinski definition) is 3. The minimum Gasteiger partial charge on any atom is -0.409 e. The third-order valence-corrected chi connectivity index (χ3v) is 4.03. The van der Waals surface area contributed by atoms with Crippen LogP contribution >= 0.6 is 0 Å². The number of oxime groups is 1. The Bertz CT molecular complexity index is 350. The summed E-state index contributed by atoms with van der Waals surface area (Å²) in [6, 6.07) is -0.0468. The molecule has 0 radical (unpaired) electrons. The number of carbonyl (C=O) groups is 1. The molecule has 3 unspecified atom stereocenters. The maximum absolute atomic E-state index is 12.2. The molecule has 0 aromatic heterocycles. The van der Waals surface area contributed by atoms with E-state index >= 15 is 0 Å². The second-order valence-electron chi connectivity index (χ2n) is 5.33. The minimum atomic E-state index is -0.710. The Hall–Kier alpha value is -1.30. The molecule has 1 amide bonds. The van der Waals surface area contributed by atoms with Gasteiger partial charge >= 0.3 is 0 Å². The number of rotatable bonds is 3. The lowest BCUT2D eigenvalue weighted by atomic mass is 9.98. The molecule has 4 N–H and O–H groups in total. The van der Waals surface area contributed by atoms with E-state index in [0.29, 0.717) is 6.61 Å². The Morgan fingerprint density at radius 1 is 1.50 bits per heavy atom. The van der Waals surface area contributed by atoms with Crippen LogP contribution < -0.4 is 11.1 Å². The maximum Gasteiger partial charge on any atom is 0.252 e. The average Bonchev–Trinajstić information content (AvgIpc) is 2.98. The van der Waals surface area contributed by atoms with Crippen molar-refractivity contribution in [2.75, 3.05) is 6.61 Å². The van der Waals surface area contributed by atoms with Crippen LogP contribution in [0.4, 0.5) is 0 Å². The van der Waals surface area contributed by atoms with Gasteiger partial charge in [-0.1, -0.05) is 11.6 Å². The Labute approximate surface area is 107 Å². The molecule has 0 spiro atoms. The van der Waals surface area contributed by atoms with Crippen LogP contribution in [0.1, 0.15) is 39.0 Å². The van der Waals surface area contributed by atoms with Crippen LogP contribution in [0.5, 0.6) is 0 Å². The number of nitrogens with two attached hydrogens (primary N) is 1. The SMILES string of the molecule is CC1(C(=O)NC2CCCC2C(N)=NO)CCCO1. The molecule has 1 saturated heterocycles. The molecule has 18 heavy (non-hydrogen) atoms. The fourth-order valence-electron chi connectivity index (χ4n) is 2.84. The second kappa shape index (κ2) is 5.14. The second-order valence-corrected chi connectivity index (χ2v) is 5.33. The first-order valence-electron chi connectivity index (χ1n) is 6.49. The summed E-state index contributed by atoms with van der Waals surface area (Å²) in [7, 11) is 0. The van der Waals surface area contributed by atoms with Gasteiger partial charge in [0.1, 0.15) is 11.4 Å². The summed E-state index contributed by atoms with van der Waals surface area (Å²) < 4.78 is 5.51. The van der Waals surface area contributed by atoms with Gasteiger partial charge in [-0.25, -0.2) is 0 Å². The number of nitrogens with one attached hydrogen (secondary N) is 1. The van der Waals surface area contributed by atoms with Crippen molar-refractivity contribution >= 4 is 11.7 Å². The zero-order valence-corrected chi connectivity index (χ0v) is 10.7. The molecular formula is C12H21N3O3. The van der Waals surface area contributed by atoms with Gasteiger partial charge in [0.15, 0.2) is 0 Å². The topological polar surface area (TPSA) is 96.9 Å². The van der Waals surface area contributed by atoms with Gasteiger partial charge < -0.3 is 21.0 Å². The molecule has 6 heteroatoms. The predicted octanol–water partition coefficient (Wildman–Crippen LogP) is 0.587. The average molecular weight is 255 g/mol. The lowest BCUT2D eigenvalue weighted by Gasteiger charge is -2.27. The standard InChI is InChI=1S/C12H21N3O3/c1-12(6-3-7-18-12)11(16)14-9-5-2-4-8(9)10(13)15-17/h8-9,17H,2-7H2,1H3,(H2,13,15)(H,14,16). The van der Waals surface area contributed by atoms with E-state index < -0.39 is 5.60 Å². The van der Waals surface area contributed by atoms with Gasteiger partial charge in [-0.3, -0.25) is 4.79 Å². The van der Waals surface area contributed by atoms with Crippen molar-refractivity contribution in [2.45, 2.75) is 50.7 Å². The lowest BCUT2D eigenvalue weighted by Crippen LogP contribution is -2.50. The zero-order valence-electron chi connectivity index (χ0n) is 10.7. The van der Waals surface area contributed by atoms with E-state index in [-0.39, 0.29) is 23.7 Å². The minimum absolute atomic E-state index is 0.0468. The summed E-state index contributed by atoms with van der Waals surface area (Å²) in [5.74, 6) is 0.0573. The molecule has 2 rings (SSSR count). The number of ether oxygens (including phenoxy) is 1. The Morgan fingerprint density at radius 3 is 2.89 bits per heavy atom. The van der Waals surface area contributed by atoms with E-state index in [1.807, 2.05) is 6.92 Å². The monoisotopic (exact) mass is 255 g/mol. The summed E-state index contributed by atoms with van der Waals surface area (Å²) in [5, 5.41) is 14.8. The van der Waals surface area contributed by atoms with Crippen molar-refractivity contribution in [2.24, 2.45) is 16.8 Å².